The van der Waals surface area contributed by atoms with Crippen molar-refractivity contribution < 1.29 is 19.4 Å². The lowest BCUT2D eigenvalue weighted by molar-refractivity contribution is -0.132. The molecule has 0 bridgehead atoms. The first-order chi connectivity index (χ1) is 16.4. The molecule has 7 heteroatoms. The highest BCUT2D eigenvalue weighted by Gasteiger charge is 2.48. The van der Waals surface area contributed by atoms with Crippen LogP contribution in [-0.2, 0) is 9.59 Å². The Morgan fingerprint density at radius 3 is 2.53 bits per heavy atom. The quantitative estimate of drug-likeness (QED) is 0.240. The van der Waals surface area contributed by atoms with Crippen LogP contribution in [-0.4, -0.2) is 28.9 Å². The summed E-state index contributed by atoms with van der Waals surface area (Å²) in [6.07, 6.45) is 0. The predicted octanol–water partition coefficient (Wildman–Crippen LogP) is 5.55. The van der Waals surface area contributed by atoms with Gasteiger partial charge in [0.1, 0.15) is 11.5 Å². The number of anilines is 1. The molecule has 0 saturated carbocycles. The zero-order valence-corrected chi connectivity index (χ0v) is 19.7. The number of Topliss-reactive ketones (excluding diaryl/α,β-unsaturated/α-hetero) is 1. The number of hydrogen-bond acceptors (Lipinski definition) is 6. The summed E-state index contributed by atoms with van der Waals surface area (Å²) in [4.78, 5) is 32.8. The average molecular weight is 471 g/mol. The van der Waals surface area contributed by atoms with E-state index >= 15 is 0 Å². The van der Waals surface area contributed by atoms with Crippen LogP contribution in [0.2, 0.25) is 0 Å². The minimum atomic E-state index is -0.850. The number of ketones is 1. The van der Waals surface area contributed by atoms with Crippen molar-refractivity contribution >= 4 is 44.1 Å². The van der Waals surface area contributed by atoms with E-state index in [2.05, 4.69) is 0 Å². The molecule has 0 spiro atoms. The van der Waals surface area contributed by atoms with Crippen LogP contribution in [0.15, 0.2) is 72.3 Å². The van der Waals surface area contributed by atoms with Gasteiger partial charge < -0.3 is 9.84 Å². The van der Waals surface area contributed by atoms with Gasteiger partial charge in [-0.05, 0) is 48.7 Å². The Balaban J connectivity index is 1.76. The highest BCUT2D eigenvalue weighted by atomic mass is 32.1. The van der Waals surface area contributed by atoms with Crippen molar-refractivity contribution in [2.45, 2.75) is 19.9 Å². The second kappa shape index (κ2) is 8.43. The van der Waals surface area contributed by atoms with Crippen LogP contribution >= 0.6 is 11.3 Å². The molecule has 1 atom stereocenters. The molecule has 170 valence electrons. The van der Waals surface area contributed by atoms with Gasteiger partial charge in [-0.1, -0.05) is 59.9 Å². The summed E-state index contributed by atoms with van der Waals surface area (Å²) in [5, 5.41) is 11.6. The molecule has 0 unspecified atom stereocenters. The molecule has 1 amide bonds. The van der Waals surface area contributed by atoms with Crippen LogP contribution in [0.4, 0.5) is 5.13 Å². The molecular formula is C27H22N2O4S. The van der Waals surface area contributed by atoms with Gasteiger partial charge in [-0.2, -0.15) is 0 Å². The van der Waals surface area contributed by atoms with E-state index < -0.39 is 17.7 Å². The van der Waals surface area contributed by atoms with Gasteiger partial charge in [-0.25, -0.2) is 4.98 Å². The number of aliphatic hydroxyl groups is 1. The average Bonchev–Trinajstić information content (AvgIpc) is 3.38. The monoisotopic (exact) mass is 470 g/mol. The fourth-order valence-electron chi connectivity index (χ4n) is 4.37. The van der Waals surface area contributed by atoms with Crippen molar-refractivity contribution in [3.63, 3.8) is 0 Å². The summed E-state index contributed by atoms with van der Waals surface area (Å²) in [5.74, 6) is -1.11. The molecule has 0 radical (unpaired) electrons. The number of nitrogens with zero attached hydrogens (tertiary/aromatic N) is 2. The van der Waals surface area contributed by atoms with Gasteiger partial charge in [0.25, 0.3) is 5.78 Å². The molecule has 0 aliphatic carbocycles. The van der Waals surface area contributed by atoms with Crippen molar-refractivity contribution in [1.29, 1.82) is 0 Å². The number of thiazole rings is 1. The SMILES string of the molecule is COc1cccc([C@@H]2/C(=C(\O)c3ccccc3)C(=O)C(=O)N2c2nc3c(C)cc(C)cc3s2)c1. The molecule has 2 heterocycles. The van der Waals surface area contributed by atoms with Gasteiger partial charge in [-0.15, -0.1) is 0 Å². The van der Waals surface area contributed by atoms with Crippen LogP contribution in [0.3, 0.4) is 0 Å². The molecule has 1 aliphatic heterocycles. The molecule has 34 heavy (non-hydrogen) atoms. The summed E-state index contributed by atoms with van der Waals surface area (Å²) in [5.41, 5.74) is 4.01. The van der Waals surface area contributed by atoms with Crippen LogP contribution < -0.4 is 9.64 Å². The zero-order valence-electron chi connectivity index (χ0n) is 18.9. The van der Waals surface area contributed by atoms with Crippen LogP contribution in [0.1, 0.15) is 28.3 Å². The standard InChI is InChI=1S/C27H22N2O4S/c1-15-12-16(2)22-20(13-15)34-27(28-22)29-23(18-10-7-11-19(14-18)33-3)21(25(31)26(29)32)24(30)17-8-5-4-6-9-17/h4-14,23,30H,1-3H3/b24-21+/t23-/m1/s1. The number of aryl methyl sites for hydroxylation is 2. The molecule has 5 rings (SSSR count). The normalized spacial score (nSPS) is 17.5. The molecule has 1 fully saturated rings. The molecule has 6 nitrogen and oxygen atoms in total. The summed E-state index contributed by atoms with van der Waals surface area (Å²) in [6, 6.07) is 19.1. The smallest absolute Gasteiger partial charge is 0.301 e. The molecule has 1 aromatic heterocycles. The van der Waals surface area contributed by atoms with Crippen molar-refractivity contribution in [2.24, 2.45) is 0 Å². The Bertz CT molecular complexity index is 1470. The molecule has 4 aromatic rings. The third-order valence-corrected chi connectivity index (χ3v) is 6.93. The number of hydrogen-bond donors (Lipinski definition) is 1. The first-order valence-corrected chi connectivity index (χ1v) is 11.6. The van der Waals surface area contributed by atoms with E-state index in [4.69, 9.17) is 9.72 Å². The number of methoxy groups -OCH3 is 1. The van der Waals surface area contributed by atoms with E-state index in [0.717, 1.165) is 21.3 Å². The van der Waals surface area contributed by atoms with Crippen molar-refractivity contribution in [3.05, 3.63) is 94.6 Å². The summed E-state index contributed by atoms with van der Waals surface area (Å²) in [6.45, 7) is 3.98. The Labute approximate surface area is 200 Å². The number of aromatic nitrogens is 1. The number of ether oxygens (including phenoxy) is 1. The van der Waals surface area contributed by atoms with Gasteiger partial charge in [0.15, 0.2) is 5.13 Å². The van der Waals surface area contributed by atoms with E-state index in [9.17, 15) is 14.7 Å². The van der Waals surface area contributed by atoms with Gasteiger partial charge >= 0.3 is 5.91 Å². The second-order valence-corrected chi connectivity index (χ2v) is 9.25. The Morgan fingerprint density at radius 2 is 1.79 bits per heavy atom. The van der Waals surface area contributed by atoms with E-state index in [-0.39, 0.29) is 11.3 Å². The number of amides is 1. The maximum atomic E-state index is 13.4. The Kier molecular flexibility index (Phi) is 5.42. The second-order valence-electron chi connectivity index (χ2n) is 8.24. The minimum absolute atomic E-state index is 0.0246. The van der Waals surface area contributed by atoms with Gasteiger partial charge in [0.05, 0.1) is 28.9 Å². The van der Waals surface area contributed by atoms with E-state index in [0.29, 0.717) is 22.0 Å². The maximum absolute atomic E-state index is 13.4. The molecule has 1 saturated heterocycles. The van der Waals surface area contributed by atoms with Crippen LogP contribution in [0.5, 0.6) is 5.75 Å². The predicted molar refractivity (Wildman–Crippen MR) is 133 cm³/mol. The lowest BCUT2D eigenvalue weighted by Crippen LogP contribution is -2.29. The highest BCUT2D eigenvalue weighted by Crippen LogP contribution is 2.45. The van der Waals surface area contributed by atoms with Crippen molar-refractivity contribution in [2.75, 3.05) is 12.0 Å². The van der Waals surface area contributed by atoms with Crippen LogP contribution in [0, 0.1) is 13.8 Å². The molecule has 3 aromatic carbocycles. The highest BCUT2D eigenvalue weighted by molar-refractivity contribution is 7.22. The topological polar surface area (TPSA) is 79.7 Å². The van der Waals surface area contributed by atoms with Crippen molar-refractivity contribution in [1.82, 2.24) is 4.98 Å². The minimum Gasteiger partial charge on any atom is -0.507 e. The number of carbonyl (C=O) groups is 2. The first-order valence-electron chi connectivity index (χ1n) is 10.8. The fraction of sp³-hybridized carbons (Fsp3) is 0.148. The number of rotatable bonds is 4. The lowest BCUT2D eigenvalue weighted by atomic mass is 9.95. The van der Waals surface area contributed by atoms with Crippen molar-refractivity contribution in [3.8, 4) is 5.75 Å². The van der Waals surface area contributed by atoms with Gasteiger partial charge in [-0.3, -0.25) is 14.5 Å². The number of benzene rings is 3. The number of aliphatic hydroxyl groups excluding tert-OH is 1. The van der Waals surface area contributed by atoms with E-state index in [1.54, 1.807) is 49.6 Å². The summed E-state index contributed by atoms with van der Waals surface area (Å²) >= 11 is 1.35. The zero-order chi connectivity index (χ0) is 24.0. The van der Waals surface area contributed by atoms with E-state index in [1.807, 2.05) is 38.1 Å². The third kappa shape index (κ3) is 3.54. The maximum Gasteiger partial charge on any atom is 0.301 e. The summed E-state index contributed by atoms with van der Waals surface area (Å²) < 4.78 is 6.32. The third-order valence-electron chi connectivity index (χ3n) is 5.93. The number of fused-ring (bicyclic) bond motifs is 1. The largest absolute Gasteiger partial charge is 0.507 e. The Morgan fingerprint density at radius 1 is 1.03 bits per heavy atom. The molecule has 1 aliphatic rings. The van der Waals surface area contributed by atoms with Gasteiger partial charge in [0.2, 0.25) is 0 Å². The van der Waals surface area contributed by atoms with E-state index in [1.165, 1.54) is 16.2 Å². The number of carbonyl (C=O) groups excluding carboxylic acids is 2. The Hall–Kier alpha value is -3.97. The first kappa shape index (κ1) is 21.9. The molecular weight excluding hydrogens is 448 g/mol. The molecule has 1 N–H and O–H groups in total. The lowest BCUT2D eigenvalue weighted by Gasteiger charge is -2.23. The summed E-state index contributed by atoms with van der Waals surface area (Å²) in [7, 11) is 1.55. The van der Waals surface area contributed by atoms with Crippen LogP contribution in [0.25, 0.3) is 16.0 Å². The fourth-order valence-corrected chi connectivity index (χ4v) is 5.54. The van der Waals surface area contributed by atoms with Gasteiger partial charge in [0, 0.05) is 5.56 Å².